The molecule has 0 aromatic carbocycles. The Morgan fingerprint density at radius 1 is 0.710 bits per heavy atom. The molecule has 0 atom stereocenters. The maximum Gasteiger partial charge on any atom is 0.0137 e. The van der Waals surface area contributed by atoms with E-state index in [-0.39, 0.29) is 24.8 Å². The topological polar surface area (TPSA) is 24.1 Å². The van der Waals surface area contributed by atoms with Crippen LogP contribution in [0.15, 0.2) is 34.9 Å². The highest BCUT2D eigenvalue weighted by Crippen LogP contribution is 2.53. The molecular weight excluding hydrogens is 423 g/mol. The van der Waals surface area contributed by atoms with Crippen molar-refractivity contribution in [3.8, 4) is 0 Å². The lowest BCUT2D eigenvalue weighted by Crippen LogP contribution is -2.55. The molecule has 0 unspecified atom stereocenters. The molecule has 4 heteroatoms. The molecule has 0 spiro atoms. The van der Waals surface area contributed by atoms with E-state index in [4.69, 9.17) is 0 Å². The molecule has 4 rings (SSSR count). The third-order valence-electron chi connectivity index (χ3n) is 7.63. The van der Waals surface area contributed by atoms with Crippen LogP contribution in [0.5, 0.6) is 0 Å². The zero-order chi connectivity index (χ0) is 20.6. The number of allylic oxidation sites excluding steroid dienone is 5. The van der Waals surface area contributed by atoms with Crippen molar-refractivity contribution in [1.29, 1.82) is 0 Å². The SMILES string of the molecule is CC(C)=CCC/C(C)=C/CC/C(C)=C/CNCCNC1C2CC3CC(C2)CC1C3.Cl.Cl. The molecule has 0 aromatic heterocycles. The maximum absolute atomic E-state index is 3.93. The summed E-state index contributed by atoms with van der Waals surface area (Å²) in [5.41, 5.74) is 4.47. The molecule has 0 heterocycles. The third kappa shape index (κ3) is 9.62. The van der Waals surface area contributed by atoms with E-state index in [0.717, 1.165) is 49.3 Å². The third-order valence-corrected chi connectivity index (χ3v) is 7.63. The van der Waals surface area contributed by atoms with Crippen LogP contribution in [0, 0.1) is 23.7 Å². The molecule has 4 saturated carbocycles. The Balaban J connectivity index is 0.00000240. The van der Waals surface area contributed by atoms with Crippen molar-refractivity contribution in [2.45, 2.75) is 91.5 Å². The first-order valence-corrected chi connectivity index (χ1v) is 12.4. The van der Waals surface area contributed by atoms with Gasteiger partial charge in [0, 0.05) is 25.7 Å². The summed E-state index contributed by atoms with van der Waals surface area (Å²) in [6.07, 6.45) is 19.5. The number of nitrogens with one attached hydrogen (secondary N) is 2. The van der Waals surface area contributed by atoms with Crippen molar-refractivity contribution in [3.05, 3.63) is 34.9 Å². The van der Waals surface area contributed by atoms with Gasteiger partial charge in [0.25, 0.3) is 0 Å². The van der Waals surface area contributed by atoms with E-state index in [9.17, 15) is 0 Å². The molecule has 4 aliphatic carbocycles. The molecule has 0 aromatic rings. The summed E-state index contributed by atoms with van der Waals surface area (Å²) >= 11 is 0. The fourth-order valence-corrected chi connectivity index (χ4v) is 6.27. The van der Waals surface area contributed by atoms with Gasteiger partial charge in [0.2, 0.25) is 0 Å². The van der Waals surface area contributed by atoms with Crippen LogP contribution in [0.2, 0.25) is 0 Å². The van der Waals surface area contributed by atoms with Crippen molar-refractivity contribution in [1.82, 2.24) is 10.6 Å². The highest BCUT2D eigenvalue weighted by atomic mass is 35.5. The number of hydrogen-bond acceptors (Lipinski definition) is 2. The molecule has 0 aliphatic heterocycles. The predicted octanol–water partition coefficient (Wildman–Crippen LogP) is 7.25. The van der Waals surface area contributed by atoms with E-state index in [1.165, 1.54) is 68.1 Å². The van der Waals surface area contributed by atoms with E-state index < -0.39 is 0 Å². The standard InChI is InChI=1S/C27H46N2.2ClH/c1-20(2)7-5-8-21(3)9-6-10-22(4)11-12-28-13-14-29-27-25-16-23-15-24(18-25)19-26(27)17-23;;/h7,9,11,23-29H,5-6,8,10,12-19H2,1-4H3;2*1H/b21-9+,22-11+;;. The Bertz CT molecular complexity index is 576. The van der Waals surface area contributed by atoms with Gasteiger partial charge in [-0.3, -0.25) is 0 Å². The lowest BCUT2D eigenvalue weighted by Gasteiger charge is -2.54. The summed E-state index contributed by atoms with van der Waals surface area (Å²) in [5, 5.41) is 7.54. The zero-order valence-corrected chi connectivity index (χ0v) is 22.1. The minimum atomic E-state index is 0. The molecule has 4 aliphatic rings. The molecular formula is C27H48Cl2N2. The number of rotatable bonds is 12. The van der Waals surface area contributed by atoms with Crippen LogP contribution in [-0.2, 0) is 0 Å². The molecule has 4 bridgehead atoms. The van der Waals surface area contributed by atoms with Gasteiger partial charge < -0.3 is 10.6 Å². The largest absolute Gasteiger partial charge is 0.312 e. The molecule has 2 N–H and O–H groups in total. The first kappa shape index (κ1) is 28.8. The molecule has 2 nitrogen and oxygen atoms in total. The molecule has 4 fully saturated rings. The lowest BCUT2D eigenvalue weighted by molar-refractivity contribution is -0.0133. The Hall–Kier alpha value is -0.280. The van der Waals surface area contributed by atoms with Gasteiger partial charge in [-0.1, -0.05) is 34.9 Å². The van der Waals surface area contributed by atoms with Gasteiger partial charge in [0.05, 0.1) is 0 Å². The van der Waals surface area contributed by atoms with Gasteiger partial charge in [0.15, 0.2) is 0 Å². The minimum absolute atomic E-state index is 0. The number of halogens is 2. The second-order valence-corrected chi connectivity index (χ2v) is 10.6. The maximum atomic E-state index is 3.93. The average molecular weight is 472 g/mol. The lowest BCUT2D eigenvalue weighted by atomic mass is 9.54. The van der Waals surface area contributed by atoms with Gasteiger partial charge in [-0.05, 0) is 109 Å². The predicted molar refractivity (Wildman–Crippen MR) is 142 cm³/mol. The minimum Gasteiger partial charge on any atom is -0.312 e. The zero-order valence-electron chi connectivity index (χ0n) is 20.4. The number of hydrogen-bond donors (Lipinski definition) is 2. The van der Waals surface area contributed by atoms with Gasteiger partial charge in [0.1, 0.15) is 0 Å². The monoisotopic (exact) mass is 470 g/mol. The quantitative estimate of drug-likeness (QED) is 0.231. The van der Waals surface area contributed by atoms with Crippen molar-refractivity contribution in [3.63, 3.8) is 0 Å². The fraction of sp³-hybridized carbons (Fsp3) is 0.778. The van der Waals surface area contributed by atoms with Crippen molar-refractivity contribution in [2.75, 3.05) is 19.6 Å². The van der Waals surface area contributed by atoms with E-state index >= 15 is 0 Å². The highest BCUT2D eigenvalue weighted by molar-refractivity contribution is 5.85. The summed E-state index contributed by atoms with van der Waals surface area (Å²) in [4.78, 5) is 0. The summed E-state index contributed by atoms with van der Waals surface area (Å²) in [6.45, 7) is 12.2. The van der Waals surface area contributed by atoms with Crippen molar-refractivity contribution in [2.24, 2.45) is 23.7 Å². The Morgan fingerprint density at radius 3 is 1.84 bits per heavy atom. The first-order valence-electron chi connectivity index (χ1n) is 12.4. The van der Waals surface area contributed by atoms with E-state index in [1.54, 1.807) is 6.42 Å². The Morgan fingerprint density at radius 2 is 1.26 bits per heavy atom. The van der Waals surface area contributed by atoms with Gasteiger partial charge in [-0.2, -0.15) is 0 Å². The van der Waals surface area contributed by atoms with Crippen molar-refractivity contribution >= 4 is 24.8 Å². The van der Waals surface area contributed by atoms with Crippen molar-refractivity contribution < 1.29 is 0 Å². The van der Waals surface area contributed by atoms with E-state index in [2.05, 4.69) is 56.6 Å². The second kappa shape index (κ2) is 14.8. The van der Waals surface area contributed by atoms with Gasteiger partial charge in [-0.25, -0.2) is 0 Å². The smallest absolute Gasteiger partial charge is 0.0137 e. The Kier molecular flexibility index (Phi) is 13.7. The van der Waals surface area contributed by atoms with Crippen LogP contribution < -0.4 is 10.6 Å². The molecule has 0 amide bonds. The van der Waals surface area contributed by atoms with Crippen LogP contribution >= 0.6 is 24.8 Å². The Labute approximate surface area is 205 Å². The van der Waals surface area contributed by atoms with Crippen LogP contribution in [0.4, 0.5) is 0 Å². The van der Waals surface area contributed by atoms with Crippen LogP contribution in [0.25, 0.3) is 0 Å². The average Bonchev–Trinajstić information content (AvgIpc) is 2.65. The van der Waals surface area contributed by atoms with Gasteiger partial charge >= 0.3 is 0 Å². The van der Waals surface area contributed by atoms with Crippen LogP contribution in [0.1, 0.15) is 85.5 Å². The molecule has 0 saturated heterocycles. The van der Waals surface area contributed by atoms with Crippen LogP contribution in [-0.4, -0.2) is 25.7 Å². The summed E-state index contributed by atoms with van der Waals surface area (Å²) in [5.74, 6) is 4.15. The normalized spacial score (nSPS) is 29.4. The summed E-state index contributed by atoms with van der Waals surface area (Å²) in [7, 11) is 0. The van der Waals surface area contributed by atoms with E-state index in [0.29, 0.717) is 0 Å². The fourth-order valence-electron chi connectivity index (χ4n) is 6.27. The molecule has 31 heavy (non-hydrogen) atoms. The highest BCUT2D eigenvalue weighted by Gasteiger charge is 2.47. The summed E-state index contributed by atoms with van der Waals surface area (Å²) < 4.78 is 0. The molecule has 180 valence electrons. The van der Waals surface area contributed by atoms with E-state index in [1.807, 2.05) is 0 Å². The second-order valence-electron chi connectivity index (χ2n) is 10.6. The molecule has 0 radical (unpaired) electrons. The summed E-state index contributed by atoms with van der Waals surface area (Å²) in [6, 6.07) is 0.827. The van der Waals surface area contributed by atoms with Crippen LogP contribution in [0.3, 0.4) is 0 Å². The first-order chi connectivity index (χ1) is 14.0. The van der Waals surface area contributed by atoms with Gasteiger partial charge in [-0.15, -0.1) is 24.8 Å².